The summed E-state index contributed by atoms with van der Waals surface area (Å²) in [7, 11) is 1.61. The summed E-state index contributed by atoms with van der Waals surface area (Å²) in [6.45, 7) is 0.656. The lowest BCUT2D eigenvalue weighted by Gasteiger charge is -2.35. The van der Waals surface area contributed by atoms with Crippen LogP contribution in [0.4, 0.5) is 0 Å². The minimum absolute atomic E-state index is 0.616. The van der Waals surface area contributed by atoms with Crippen LogP contribution in [0.5, 0.6) is 11.5 Å². The van der Waals surface area contributed by atoms with Crippen LogP contribution in [-0.4, -0.2) is 24.8 Å². The molecule has 4 nitrogen and oxygen atoms in total. The molecule has 0 spiro atoms. The fourth-order valence-electron chi connectivity index (χ4n) is 3.44. The molecule has 0 amide bonds. The smallest absolute Gasteiger partial charge is 0.314 e. The standard InChI is InChI=1S/C18H24O4/c1-21-15-7-5-6-14(16(15)22-12-13-8-9-13)18(17(19)20)10-3-2-4-11-18/h5-7,13H,2-4,8-12H2,1H3,(H,19,20). The Morgan fingerprint density at radius 3 is 2.59 bits per heavy atom. The van der Waals surface area contributed by atoms with Gasteiger partial charge >= 0.3 is 5.97 Å². The summed E-state index contributed by atoms with van der Waals surface area (Å²) >= 11 is 0. The molecular formula is C18H24O4. The summed E-state index contributed by atoms with van der Waals surface area (Å²) in [5, 5.41) is 9.92. The Bertz CT molecular complexity index is 542. The van der Waals surface area contributed by atoms with Gasteiger partial charge in [-0.25, -0.2) is 0 Å². The van der Waals surface area contributed by atoms with Crippen LogP contribution in [-0.2, 0) is 10.2 Å². The van der Waals surface area contributed by atoms with Crippen molar-refractivity contribution in [1.29, 1.82) is 0 Å². The Balaban J connectivity index is 2.00. The third-order valence-corrected chi connectivity index (χ3v) is 4.99. The normalized spacial score (nSPS) is 20.4. The molecule has 0 unspecified atom stereocenters. The Labute approximate surface area is 131 Å². The SMILES string of the molecule is COc1cccc(C2(C(=O)O)CCCCC2)c1OCC1CC1. The van der Waals surface area contributed by atoms with Gasteiger partial charge in [-0.2, -0.15) is 0 Å². The summed E-state index contributed by atoms with van der Waals surface area (Å²) in [5.74, 6) is 1.16. The average Bonchev–Trinajstić information content (AvgIpc) is 3.37. The third kappa shape index (κ3) is 2.79. The van der Waals surface area contributed by atoms with Gasteiger partial charge in [-0.15, -0.1) is 0 Å². The van der Waals surface area contributed by atoms with Gasteiger partial charge in [-0.1, -0.05) is 31.4 Å². The molecule has 0 heterocycles. The monoisotopic (exact) mass is 304 g/mol. The van der Waals surface area contributed by atoms with Crippen LogP contribution in [0.25, 0.3) is 0 Å². The van der Waals surface area contributed by atoms with Crippen LogP contribution >= 0.6 is 0 Å². The van der Waals surface area contributed by atoms with E-state index in [-0.39, 0.29) is 0 Å². The van der Waals surface area contributed by atoms with E-state index in [1.165, 1.54) is 12.8 Å². The Hall–Kier alpha value is -1.71. The number of carbonyl (C=O) groups is 1. The number of hydrogen-bond donors (Lipinski definition) is 1. The van der Waals surface area contributed by atoms with Gasteiger partial charge in [0.25, 0.3) is 0 Å². The lowest BCUT2D eigenvalue weighted by molar-refractivity contribution is -0.145. The Kier molecular flexibility index (Phi) is 4.27. The fraction of sp³-hybridized carbons (Fsp3) is 0.611. The van der Waals surface area contributed by atoms with Crippen LogP contribution in [0.15, 0.2) is 18.2 Å². The molecule has 120 valence electrons. The van der Waals surface area contributed by atoms with Crippen molar-refractivity contribution in [2.75, 3.05) is 13.7 Å². The maximum absolute atomic E-state index is 12.1. The van der Waals surface area contributed by atoms with Crippen molar-refractivity contribution in [3.63, 3.8) is 0 Å². The van der Waals surface area contributed by atoms with Gasteiger partial charge in [0.1, 0.15) is 0 Å². The average molecular weight is 304 g/mol. The van der Waals surface area contributed by atoms with Gasteiger partial charge in [-0.05, 0) is 37.7 Å². The van der Waals surface area contributed by atoms with E-state index in [1.54, 1.807) is 7.11 Å². The summed E-state index contributed by atoms with van der Waals surface area (Å²) in [4.78, 5) is 12.1. The summed E-state index contributed by atoms with van der Waals surface area (Å²) < 4.78 is 11.5. The molecule has 0 atom stereocenters. The van der Waals surface area contributed by atoms with Gasteiger partial charge in [0.05, 0.1) is 19.1 Å². The summed E-state index contributed by atoms with van der Waals surface area (Å²) in [6, 6.07) is 5.63. The molecule has 4 heteroatoms. The van der Waals surface area contributed by atoms with Gasteiger partial charge in [-0.3, -0.25) is 4.79 Å². The zero-order chi connectivity index (χ0) is 15.6. The predicted octanol–water partition coefficient (Wildman–Crippen LogP) is 3.77. The first-order valence-electron chi connectivity index (χ1n) is 8.21. The number of ether oxygens (including phenoxy) is 2. The van der Waals surface area contributed by atoms with Crippen LogP contribution < -0.4 is 9.47 Å². The van der Waals surface area contributed by atoms with Crippen LogP contribution in [0.3, 0.4) is 0 Å². The maximum Gasteiger partial charge on any atom is 0.314 e. The van der Waals surface area contributed by atoms with Crippen molar-refractivity contribution in [2.24, 2.45) is 5.92 Å². The second kappa shape index (κ2) is 6.19. The van der Waals surface area contributed by atoms with E-state index in [1.807, 2.05) is 18.2 Å². The third-order valence-electron chi connectivity index (χ3n) is 4.99. The molecule has 2 saturated carbocycles. The van der Waals surface area contributed by atoms with Crippen molar-refractivity contribution >= 4 is 5.97 Å². The van der Waals surface area contributed by atoms with E-state index >= 15 is 0 Å². The summed E-state index contributed by atoms with van der Waals surface area (Å²) in [5.41, 5.74) is -0.0363. The van der Waals surface area contributed by atoms with E-state index in [4.69, 9.17) is 9.47 Å². The number of methoxy groups -OCH3 is 1. The molecule has 2 aliphatic rings. The molecule has 0 radical (unpaired) electrons. The van der Waals surface area contributed by atoms with Crippen LogP contribution in [0.1, 0.15) is 50.5 Å². The second-order valence-electron chi connectivity index (χ2n) is 6.54. The molecule has 1 N–H and O–H groups in total. The van der Waals surface area contributed by atoms with Gasteiger partial charge in [0.15, 0.2) is 11.5 Å². The minimum Gasteiger partial charge on any atom is -0.493 e. The van der Waals surface area contributed by atoms with Gasteiger partial charge < -0.3 is 14.6 Å². The molecule has 3 rings (SSSR count). The largest absolute Gasteiger partial charge is 0.493 e. The molecule has 22 heavy (non-hydrogen) atoms. The number of carboxylic acid groups (broad SMARTS) is 1. The van der Waals surface area contributed by atoms with Crippen molar-refractivity contribution < 1.29 is 19.4 Å². The van der Waals surface area contributed by atoms with Crippen LogP contribution in [0, 0.1) is 5.92 Å². The first-order valence-corrected chi connectivity index (χ1v) is 8.21. The highest BCUT2D eigenvalue weighted by molar-refractivity contribution is 5.83. The quantitative estimate of drug-likeness (QED) is 0.869. The Morgan fingerprint density at radius 1 is 1.27 bits per heavy atom. The number of carboxylic acids is 1. The maximum atomic E-state index is 12.1. The highest BCUT2D eigenvalue weighted by Crippen LogP contribution is 2.47. The second-order valence-corrected chi connectivity index (χ2v) is 6.54. The molecule has 1 aromatic carbocycles. The van der Waals surface area contributed by atoms with Crippen molar-refractivity contribution in [3.05, 3.63) is 23.8 Å². The number of para-hydroxylation sites is 1. The molecule has 0 saturated heterocycles. The van der Waals surface area contributed by atoms with E-state index in [0.29, 0.717) is 36.9 Å². The van der Waals surface area contributed by atoms with Crippen LogP contribution in [0.2, 0.25) is 0 Å². The van der Waals surface area contributed by atoms with Gasteiger partial charge in [0.2, 0.25) is 0 Å². The zero-order valence-corrected chi connectivity index (χ0v) is 13.1. The zero-order valence-electron chi connectivity index (χ0n) is 13.1. The first-order chi connectivity index (χ1) is 10.7. The molecule has 2 fully saturated rings. The van der Waals surface area contributed by atoms with Crippen molar-refractivity contribution in [1.82, 2.24) is 0 Å². The highest BCUT2D eigenvalue weighted by Gasteiger charge is 2.44. The Morgan fingerprint density at radius 2 is 2.00 bits per heavy atom. The fourth-order valence-corrected chi connectivity index (χ4v) is 3.44. The van der Waals surface area contributed by atoms with E-state index in [9.17, 15) is 9.90 Å². The highest BCUT2D eigenvalue weighted by atomic mass is 16.5. The number of aliphatic carboxylic acids is 1. The van der Waals surface area contributed by atoms with E-state index in [2.05, 4.69) is 0 Å². The van der Waals surface area contributed by atoms with Gasteiger partial charge in [0, 0.05) is 5.56 Å². The molecule has 0 bridgehead atoms. The molecule has 1 aromatic rings. The molecular weight excluding hydrogens is 280 g/mol. The first kappa shape index (κ1) is 15.2. The minimum atomic E-state index is -0.828. The molecule has 2 aliphatic carbocycles. The lowest BCUT2D eigenvalue weighted by Crippen LogP contribution is -2.38. The number of hydrogen-bond acceptors (Lipinski definition) is 3. The lowest BCUT2D eigenvalue weighted by atomic mass is 9.69. The topological polar surface area (TPSA) is 55.8 Å². The van der Waals surface area contributed by atoms with Crippen molar-refractivity contribution in [2.45, 2.75) is 50.4 Å². The van der Waals surface area contributed by atoms with E-state index < -0.39 is 11.4 Å². The summed E-state index contributed by atoms with van der Waals surface area (Å²) in [6.07, 6.45) is 6.77. The molecule has 0 aromatic heterocycles. The number of benzene rings is 1. The van der Waals surface area contributed by atoms with E-state index in [0.717, 1.165) is 24.8 Å². The predicted molar refractivity (Wildman–Crippen MR) is 83.6 cm³/mol. The number of rotatable bonds is 6. The van der Waals surface area contributed by atoms with Crippen molar-refractivity contribution in [3.8, 4) is 11.5 Å². The molecule has 0 aliphatic heterocycles.